The Morgan fingerprint density at radius 2 is 1.63 bits per heavy atom. The third-order valence-electron chi connectivity index (χ3n) is 3.53. The first-order valence-corrected chi connectivity index (χ1v) is 6.32. The average molecular weight is 264 g/mol. The van der Waals surface area contributed by atoms with Crippen molar-refractivity contribution in [2.75, 3.05) is 0 Å². The topological polar surface area (TPSA) is 17.8 Å². The summed E-state index contributed by atoms with van der Waals surface area (Å²) in [6.45, 7) is 7.36. The molecule has 1 aromatic heterocycles. The molecule has 102 valence electrons. The zero-order valence-electron chi connectivity index (χ0n) is 11.9. The molecule has 0 N–H and O–H groups in total. The number of halogens is 2. The van der Waals surface area contributed by atoms with Gasteiger partial charge in [-0.2, -0.15) is 0 Å². The summed E-state index contributed by atoms with van der Waals surface area (Å²) >= 11 is 0. The van der Waals surface area contributed by atoms with Crippen molar-refractivity contribution in [3.8, 4) is 11.4 Å². The largest absolute Gasteiger partial charge is 0.331 e. The highest BCUT2D eigenvalue weighted by Crippen LogP contribution is 2.28. The first-order valence-electron chi connectivity index (χ1n) is 6.32. The summed E-state index contributed by atoms with van der Waals surface area (Å²) in [7, 11) is 1.84. The molecule has 0 atom stereocenters. The molecule has 0 spiro atoms. The van der Waals surface area contributed by atoms with Crippen LogP contribution in [0.25, 0.3) is 11.4 Å². The van der Waals surface area contributed by atoms with Crippen LogP contribution in [-0.4, -0.2) is 9.55 Å². The smallest absolute Gasteiger partial charge is 0.140 e. The zero-order valence-corrected chi connectivity index (χ0v) is 11.9. The number of aryl methyl sites for hydroxylation is 1. The Hall–Kier alpha value is -1.71. The van der Waals surface area contributed by atoms with Crippen LogP contribution in [0.2, 0.25) is 0 Å². The van der Waals surface area contributed by atoms with E-state index in [0.29, 0.717) is 11.4 Å². The number of rotatable bonds is 2. The van der Waals surface area contributed by atoms with Gasteiger partial charge in [-0.25, -0.2) is 13.8 Å². The minimum Gasteiger partial charge on any atom is -0.331 e. The van der Waals surface area contributed by atoms with E-state index in [9.17, 15) is 8.78 Å². The maximum atomic E-state index is 14.0. The summed E-state index contributed by atoms with van der Waals surface area (Å²) in [6, 6.07) is 2.72. The van der Waals surface area contributed by atoms with E-state index >= 15 is 0 Å². The quantitative estimate of drug-likeness (QED) is 0.798. The molecule has 0 saturated carbocycles. The maximum Gasteiger partial charge on any atom is 0.140 e. The van der Waals surface area contributed by atoms with Crippen LogP contribution in [0.15, 0.2) is 12.1 Å². The molecule has 1 aromatic carbocycles. The summed E-state index contributed by atoms with van der Waals surface area (Å²) in [5.41, 5.74) is 2.46. The molecule has 0 amide bonds. The van der Waals surface area contributed by atoms with Crippen molar-refractivity contribution in [2.45, 2.75) is 33.6 Å². The number of hydrogen-bond acceptors (Lipinski definition) is 1. The second kappa shape index (κ2) is 4.76. The number of imidazole rings is 1. The van der Waals surface area contributed by atoms with Crippen molar-refractivity contribution in [1.29, 1.82) is 0 Å². The van der Waals surface area contributed by atoms with Crippen LogP contribution in [0.3, 0.4) is 0 Å². The van der Waals surface area contributed by atoms with Gasteiger partial charge in [-0.3, -0.25) is 0 Å². The van der Waals surface area contributed by atoms with Gasteiger partial charge in [0, 0.05) is 23.9 Å². The molecule has 0 unspecified atom stereocenters. The number of benzene rings is 1. The van der Waals surface area contributed by atoms with Crippen molar-refractivity contribution >= 4 is 0 Å². The Kier molecular flexibility index (Phi) is 3.43. The molecule has 2 aromatic rings. The lowest BCUT2D eigenvalue weighted by atomic mass is 10.00. The van der Waals surface area contributed by atoms with Crippen molar-refractivity contribution in [2.24, 2.45) is 7.05 Å². The van der Waals surface area contributed by atoms with E-state index in [1.54, 1.807) is 13.8 Å². The Morgan fingerprint density at radius 3 is 2.00 bits per heavy atom. The SMILES string of the molecule is Cc1nc(-c2cc(F)c(C(C)C)c(F)c2)n(C)c1C. The van der Waals surface area contributed by atoms with E-state index < -0.39 is 11.6 Å². The van der Waals surface area contributed by atoms with Crippen molar-refractivity contribution < 1.29 is 8.78 Å². The predicted molar refractivity (Wildman–Crippen MR) is 72.1 cm³/mol. The summed E-state index contributed by atoms with van der Waals surface area (Å²) < 4.78 is 29.9. The van der Waals surface area contributed by atoms with Gasteiger partial charge in [-0.05, 0) is 31.9 Å². The molecule has 0 saturated heterocycles. The van der Waals surface area contributed by atoms with Crippen LogP contribution in [-0.2, 0) is 7.05 Å². The van der Waals surface area contributed by atoms with Crippen LogP contribution < -0.4 is 0 Å². The standard InChI is InChI=1S/C15H18F2N2/c1-8(2)14-12(16)6-11(7-13(14)17)15-18-9(3)10(4)19(15)5/h6-8H,1-5H3. The molecule has 0 aliphatic carbocycles. The maximum absolute atomic E-state index is 14.0. The van der Waals surface area contributed by atoms with Gasteiger partial charge in [0.2, 0.25) is 0 Å². The molecule has 0 bridgehead atoms. The Labute approximate surface area is 112 Å². The van der Waals surface area contributed by atoms with Crippen LogP contribution in [0, 0.1) is 25.5 Å². The lowest BCUT2D eigenvalue weighted by Gasteiger charge is -2.11. The molecule has 2 rings (SSSR count). The Morgan fingerprint density at radius 1 is 1.11 bits per heavy atom. The molecule has 0 aliphatic rings. The van der Waals surface area contributed by atoms with Gasteiger partial charge >= 0.3 is 0 Å². The number of nitrogens with zero attached hydrogens (tertiary/aromatic N) is 2. The molecule has 4 heteroatoms. The summed E-state index contributed by atoms with van der Waals surface area (Å²) in [4.78, 5) is 4.37. The van der Waals surface area contributed by atoms with Crippen LogP contribution in [0.4, 0.5) is 8.78 Å². The molecule has 2 nitrogen and oxygen atoms in total. The normalized spacial score (nSPS) is 11.4. The van der Waals surface area contributed by atoms with Crippen LogP contribution in [0.5, 0.6) is 0 Å². The number of aromatic nitrogens is 2. The highest BCUT2D eigenvalue weighted by molar-refractivity contribution is 5.58. The Bertz CT molecular complexity index is 604. The minimum atomic E-state index is -0.511. The first-order chi connectivity index (χ1) is 8.82. The molecule has 0 aliphatic heterocycles. The van der Waals surface area contributed by atoms with Gasteiger partial charge in [0.25, 0.3) is 0 Å². The molecule has 0 radical (unpaired) electrons. The fourth-order valence-corrected chi connectivity index (χ4v) is 2.24. The van der Waals surface area contributed by atoms with Gasteiger partial charge < -0.3 is 4.57 Å². The van der Waals surface area contributed by atoms with Crippen LogP contribution in [0.1, 0.15) is 36.7 Å². The summed E-state index contributed by atoms with van der Waals surface area (Å²) in [5.74, 6) is -0.617. The van der Waals surface area contributed by atoms with E-state index in [2.05, 4.69) is 4.98 Å². The third kappa shape index (κ3) is 2.27. The summed E-state index contributed by atoms with van der Waals surface area (Å²) in [6.07, 6.45) is 0. The lowest BCUT2D eigenvalue weighted by Crippen LogP contribution is -2.01. The van der Waals surface area contributed by atoms with E-state index in [4.69, 9.17) is 0 Å². The van der Waals surface area contributed by atoms with Gasteiger partial charge in [0.05, 0.1) is 5.69 Å². The number of hydrogen-bond donors (Lipinski definition) is 0. The third-order valence-corrected chi connectivity index (χ3v) is 3.53. The van der Waals surface area contributed by atoms with Crippen molar-refractivity contribution in [1.82, 2.24) is 9.55 Å². The van der Waals surface area contributed by atoms with E-state index in [1.807, 2.05) is 25.5 Å². The van der Waals surface area contributed by atoms with Crippen molar-refractivity contribution in [3.05, 3.63) is 40.7 Å². The predicted octanol–water partition coefficient (Wildman–Crippen LogP) is 4.11. The van der Waals surface area contributed by atoms with Gasteiger partial charge in [0.15, 0.2) is 0 Å². The van der Waals surface area contributed by atoms with Gasteiger partial charge in [-0.15, -0.1) is 0 Å². The van der Waals surface area contributed by atoms with E-state index in [0.717, 1.165) is 11.4 Å². The molecule has 19 heavy (non-hydrogen) atoms. The monoisotopic (exact) mass is 264 g/mol. The highest BCUT2D eigenvalue weighted by atomic mass is 19.1. The fourth-order valence-electron chi connectivity index (χ4n) is 2.24. The molecule has 1 heterocycles. The first kappa shape index (κ1) is 13.7. The van der Waals surface area contributed by atoms with E-state index in [-0.39, 0.29) is 11.5 Å². The van der Waals surface area contributed by atoms with Crippen LogP contribution >= 0.6 is 0 Å². The fraction of sp³-hybridized carbons (Fsp3) is 0.400. The van der Waals surface area contributed by atoms with Crippen molar-refractivity contribution in [3.63, 3.8) is 0 Å². The highest BCUT2D eigenvalue weighted by Gasteiger charge is 2.17. The molecular formula is C15H18F2N2. The van der Waals surface area contributed by atoms with E-state index in [1.165, 1.54) is 12.1 Å². The lowest BCUT2D eigenvalue weighted by molar-refractivity contribution is 0.542. The van der Waals surface area contributed by atoms with Gasteiger partial charge in [0.1, 0.15) is 17.5 Å². The minimum absolute atomic E-state index is 0.131. The molecular weight excluding hydrogens is 246 g/mol. The summed E-state index contributed by atoms with van der Waals surface area (Å²) in [5, 5.41) is 0. The second-order valence-corrected chi connectivity index (χ2v) is 5.17. The zero-order chi connectivity index (χ0) is 14.3. The molecule has 0 fully saturated rings. The Balaban J connectivity index is 2.62. The van der Waals surface area contributed by atoms with Gasteiger partial charge in [-0.1, -0.05) is 13.8 Å². The average Bonchev–Trinajstić information content (AvgIpc) is 2.55. The second-order valence-electron chi connectivity index (χ2n) is 5.17.